The molecule has 2 aliphatic rings. The largest absolute Gasteiger partial charge is 0.512 e. The van der Waals surface area contributed by atoms with Crippen molar-refractivity contribution in [2.75, 3.05) is 0 Å². The highest BCUT2D eigenvalue weighted by Crippen LogP contribution is 2.36. The van der Waals surface area contributed by atoms with Gasteiger partial charge in [-0.25, -0.2) is 0 Å². The summed E-state index contributed by atoms with van der Waals surface area (Å²) in [6, 6.07) is 0. The van der Waals surface area contributed by atoms with Gasteiger partial charge in [0, 0.05) is 0 Å². The highest BCUT2D eigenvalue weighted by molar-refractivity contribution is 5.95. The van der Waals surface area contributed by atoms with E-state index in [0.29, 0.717) is 5.92 Å². The van der Waals surface area contributed by atoms with Gasteiger partial charge in [0.1, 0.15) is 5.76 Å². The summed E-state index contributed by atoms with van der Waals surface area (Å²) in [5, 5.41) is 9.59. The van der Waals surface area contributed by atoms with E-state index in [1.165, 1.54) is 12.8 Å². The monoisotopic (exact) mass is 178 g/mol. The van der Waals surface area contributed by atoms with Gasteiger partial charge >= 0.3 is 0 Å². The topological polar surface area (TPSA) is 37.3 Å². The lowest BCUT2D eigenvalue weighted by Crippen LogP contribution is -2.24. The van der Waals surface area contributed by atoms with E-state index in [-0.39, 0.29) is 17.5 Å². The first-order chi connectivity index (χ1) is 6.29. The summed E-state index contributed by atoms with van der Waals surface area (Å²) in [5.41, 5.74) is 0. The standard InChI is InChI=1S/C11H14O2/c12-9-6-3-7-10(13)11(9)8-4-1-2-5-8/h3,6-8,11-12H,1-2,4-5H2. The van der Waals surface area contributed by atoms with E-state index in [9.17, 15) is 9.90 Å². The Morgan fingerprint density at radius 1 is 1.31 bits per heavy atom. The van der Waals surface area contributed by atoms with Gasteiger partial charge in [-0.15, -0.1) is 0 Å². The van der Waals surface area contributed by atoms with E-state index in [1.54, 1.807) is 18.2 Å². The van der Waals surface area contributed by atoms with Gasteiger partial charge in [0.25, 0.3) is 0 Å². The van der Waals surface area contributed by atoms with Crippen LogP contribution >= 0.6 is 0 Å². The molecule has 1 unspecified atom stereocenters. The fourth-order valence-corrected chi connectivity index (χ4v) is 2.36. The third-order valence-corrected chi connectivity index (χ3v) is 3.02. The van der Waals surface area contributed by atoms with Crippen LogP contribution in [0.1, 0.15) is 25.7 Å². The number of carbonyl (C=O) groups excluding carboxylic acids is 1. The molecule has 0 bridgehead atoms. The molecule has 1 N–H and O–H groups in total. The predicted molar refractivity (Wildman–Crippen MR) is 50.3 cm³/mol. The van der Waals surface area contributed by atoms with Crippen LogP contribution in [0.4, 0.5) is 0 Å². The number of carbonyl (C=O) groups is 1. The van der Waals surface area contributed by atoms with Crippen LogP contribution in [0.5, 0.6) is 0 Å². The first kappa shape index (κ1) is 8.54. The normalized spacial score (nSPS) is 29.4. The number of aliphatic hydroxyl groups excluding tert-OH is 1. The van der Waals surface area contributed by atoms with Crippen molar-refractivity contribution in [2.24, 2.45) is 11.8 Å². The molecule has 0 aromatic rings. The zero-order valence-corrected chi connectivity index (χ0v) is 7.57. The molecule has 70 valence electrons. The van der Waals surface area contributed by atoms with Gasteiger partial charge in [-0.05, 0) is 30.9 Å². The van der Waals surface area contributed by atoms with Crippen molar-refractivity contribution in [1.29, 1.82) is 0 Å². The van der Waals surface area contributed by atoms with Crippen LogP contribution in [0.2, 0.25) is 0 Å². The van der Waals surface area contributed by atoms with Gasteiger partial charge in [-0.3, -0.25) is 4.79 Å². The Labute approximate surface area is 78.0 Å². The molecular weight excluding hydrogens is 164 g/mol. The third kappa shape index (κ3) is 1.53. The molecule has 2 rings (SSSR count). The highest BCUT2D eigenvalue weighted by atomic mass is 16.3. The zero-order chi connectivity index (χ0) is 9.26. The van der Waals surface area contributed by atoms with E-state index in [1.807, 2.05) is 0 Å². The summed E-state index contributed by atoms with van der Waals surface area (Å²) >= 11 is 0. The highest BCUT2D eigenvalue weighted by Gasteiger charge is 2.33. The summed E-state index contributed by atoms with van der Waals surface area (Å²) in [6.45, 7) is 0. The molecule has 0 saturated heterocycles. The Morgan fingerprint density at radius 2 is 2.00 bits per heavy atom. The van der Waals surface area contributed by atoms with E-state index < -0.39 is 0 Å². The molecule has 1 atom stereocenters. The minimum absolute atomic E-state index is 0.0758. The third-order valence-electron chi connectivity index (χ3n) is 3.02. The molecule has 2 heteroatoms. The van der Waals surface area contributed by atoms with Gasteiger partial charge in [0.15, 0.2) is 5.78 Å². The number of ketones is 1. The van der Waals surface area contributed by atoms with Crippen molar-refractivity contribution in [1.82, 2.24) is 0 Å². The van der Waals surface area contributed by atoms with Crippen molar-refractivity contribution in [3.05, 3.63) is 24.0 Å². The molecule has 2 aliphatic carbocycles. The van der Waals surface area contributed by atoms with Crippen LogP contribution in [-0.4, -0.2) is 10.9 Å². The molecule has 0 spiro atoms. The summed E-state index contributed by atoms with van der Waals surface area (Å²) in [5.74, 6) is 0.493. The van der Waals surface area contributed by atoms with E-state index >= 15 is 0 Å². The lowest BCUT2D eigenvalue weighted by molar-refractivity contribution is -0.119. The van der Waals surface area contributed by atoms with Crippen LogP contribution in [0.15, 0.2) is 24.0 Å². The summed E-state index contributed by atoms with van der Waals surface area (Å²) in [4.78, 5) is 11.5. The van der Waals surface area contributed by atoms with Gasteiger partial charge < -0.3 is 5.11 Å². The molecule has 0 aliphatic heterocycles. The molecule has 1 fully saturated rings. The Morgan fingerprint density at radius 3 is 2.62 bits per heavy atom. The van der Waals surface area contributed by atoms with Crippen LogP contribution in [0.25, 0.3) is 0 Å². The Bertz CT molecular complexity index is 270. The molecule has 0 aromatic carbocycles. The average Bonchev–Trinajstić information content (AvgIpc) is 2.57. The number of hydrogen-bond donors (Lipinski definition) is 1. The van der Waals surface area contributed by atoms with Crippen molar-refractivity contribution < 1.29 is 9.90 Å². The predicted octanol–water partition coefficient (Wildman–Crippen LogP) is 2.37. The second-order valence-electron chi connectivity index (χ2n) is 3.88. The number of rotatable bonds is 1. The van der Waals surface area contributed by atoms with E-state index in [2.05, 4.69) is 0 Å². The molecule has 0 aromatic heterocycles. The smallest absolute Gasteiger partial charge is 0.166 e. The van der Waals surface area contributed by atoms with Crippen LogP contribution < -0.4 is 0 Å². The quantitative estimate of drug-likeness (QED) is 0.669. The van der Waals surface area contributed by atoms with Gasteiger partial charge in [-0.2, -0.15) is 0 Å². The SMILES string of the molecule is O=C1C=CC=C(O)C1C1CCCC1. The molecular formula is C11H14O2. The van der Waals surface area contributed by atoms with Crippen LogP contribution in [0, 0.1) is 11.8 Å². The molecule has 2 nitrogen and oxygen atoms in total. The number of hydrogen-bond acceptors (Lipinski definition) is 2. The maximum atomic E-state index is 11.5. The fraction of sp³-hybridized carbons (Fsp3) is 0.545. The fourth-order valence-electron chi connectivity index (χ4n) is 2.36. The molecule has 0 radical (unpaired) electrons. The Hall–Kier alpha value is -1.05. The van der Waals surface area contributed by atoms with Crippen molar-refractivity contribution >= 4 is 5.78 Å². The second-order valence-corrected chi connectivity index (χ2v) is 3.88. The van der Waals surface area contributed by atoms with Gasteiger partial charge in [-0.1, -0.05) is 18.9 Å². The minimum Gasteiger partial charge on any atom is -0.512 e. The van der Waals surface area contributed by atoms with Gasteiger partial charge in [0.2, 0.25) is 0 Å². The van der Waals surface area contributed by atoms with Crippen molar-refractivity contribution in [3.63, 3.8) is 0 Å². The van der Waals surface area contributed by atoms with E-state index in [4.69, 9.17) is 0 Å². The minimum atomic E-state index is -0.229. The molecule has 0 amide bonds. The maximum absolute atomic E-state index is 11.5. The molecule has 1 saturated carbocycles. The Balaban J connectivity index is 2.16. The summed E-state index contributed by atoms with van der Waals surface area (Å²) < 4.78 is 0. The lowest BCUT2D eigenvalue weighted by Gasteiger charge is -2.21. The Kier molecular flexibility index (Phi) is 2.21. The first-order valence-corrected chi connectivity index (χ1v) is 4.90. The summed E-state index contributed by atoms with van der Waals surface area (Å²) in [6.07, 6.45) is 9.41. The van der Waals surface area contributed by atoms with Gasteiger partial charge in [0.05, 0.1) is 5.92 Å². The first-order valence-electron chi connectivity index (χ1n) is 4.90. The summed E-state index contributed by atoms with van der Waals surface area (Å²) in [7, 11) is 0. The lowest BCUT2D eigenvalue weighted by atomic mass is 9.83. The van der Waals surface area contributed by atoms with Crippen molar-refractivity contribution in [2.45, 2.75) is 25.7 Å². The second kappa shape index (κ2) is 3.36. The zero-order valence-electron chi connectivity index (χ0n) is 7.57. The molecule has 13 heavy (non-hydrogen) atoms. The molecule has 0 heterocycles. The van der Waals surface area contributed by atoms with Crippen LogP contribution in [-0.2, 0) is 4.79 Å². The van der Waals surface area contributed by atoms with Crippen LogP contribution in [0.3, 0.4) is 0 Å². The number of aliphatic hydroxyl groups is 1. The maximum Gasteiger partial charge on any atom is 0.166 e. The van der Waals surface area contributed by atoms with Crippen molar-refractivity contribution in [3.8, 4) is 0 Å². The number of allylic oxidation sites excluding steroid dienone is 4. The van der Waals surface area contributed by atoms with E-state index in [0.717, 1.165) is 12.8 Å². The average molecular weight is 178 g/mol.